The summed E-state index contributed by atoms with van der Waals surface area (Å²) >= 11 is 0. The SMILES string of the molecule is F.F.[B][N+]1=CC=CC1=C(CCN)c1[nH]c(/C=C/c2ccc(OCc3ccccc3)cc2)cc1C. The van der Waals surface area contributed by atoms with Crippen LogP contribution in [0.25, 0.3) is 17.7 Å². The van der Waals surface area contributed by atoms with Gasteiger partial charge in [0.1, 0.15) is 18.6 Å². The van der Waals surface area contributed by atoms with Gasteiger partial charge in [-0.05, 0) is 60.9 Å². The summed E-state index contributed by atoms with van der Waals surface area (Å²) in [4.78, 5) is 3.53. The average molecular weight is 460 g/mol. The van der Waals surface area contributed by atoms with Crippen LogP contribution in [0.3, 0.4) is 0 Å². The number of benzene rings is 2. The van der Waals surface area contributed by atoms with E-state index in [-0.39, 0.29) is 9.41 Å². The van der Waals surface area contributed by atoms with E-state index in [1.807, 2.05) is 48.7 Å². The lowest BCUT2D eigenvalue weighted by molar-refractivity contribution is -0.294. The quantitative estimate of drug-likeness (QED) is 0.456. The number of halogens is 2. The number of aryl methyl sites for hydroxylation is 1. The number of nitrogens with zero attached hydrogens (tertiary/aromatic N) is 1. The monoisotopic (exact) mass is 460 g/mol. The molecule has 0 saturated carbocycles. The Morgan fingerprint density at radius 1 is 1.06 bits per heavy atom. The van der Waals surface area contributed by atoms with Crippen LogP contribution in [-0.2, 0) is 6.61 Å². The Morgan fingerprint density at radius 3 is 2.44 bits per heavy atom. The zero-order chi connectivity index (χ0) is 22.3. The minimum atomic E-state index is 0. The Bertz CT molecular complexity index is 1200. The van der Waals surface area contributed by atoms with Gasteiger partial charge in [-0.25, -0.2) is 0 Å². The molecule has 0 unspecified atom stereocenters. The number of aromatic amines is 1. The first kappa shape index (κ1) is 26.5. The summed E-state index contributed by atoms with van der Waals surface area (Å²) in [6, 6.07) is 20.4. The Hall–Kier alpha value is -3.71. The third-order valence-corrected chi connectivity index (χ3v) is 5.40. The molecule has 1 aromatic heterocycles. The predicted octanol–water partition coefficient (Wildman–Crippen LogP) is 5.17. The van der Waals surface area contributed by atoms with Crippen LogP contribution in [0, 0.1) is 6.92 Å². The van der Waals surface area contributed by atoms with Crippen LogP contribution in [0.4, 0.5) is 9.41 Å². The highest BCUT2D eigenvalue weighted by Gasteiger charge is 2.20. The molecule has 2 heterocycles. The van der Waals surface area contributed by atoms with Gasteiger partial charge in [-0.3, -0.25) is 13.9 Å². The van der Waals surface area contributed by atoms with Gasteiger partial charge in [0.15, 0.2) is 5.70 Å². The standard InChI is InChI=1S/C27H27BN3O.2FH/c1-20-18-23(30-27(20)25(15-16-29)26-8-5-17-31(26)28)12-9-21-10-13-24(14-11-21)32-19-22-6-3-2-4-7-22;;/h2-14,17-18,30H,15-16,19,29H2,1H3;2*1H/q+1;;/b12-9+;;. The molecule has 174 valence electrons. The molecular weight excluding hydrogens is 431 g/mol. The molecule has 4 nitrogen and oxygen atoms in total. The molecule has 0 amide bonds. The van der Waals surface area contributed by atoms with Crippen LogP contribution in [0.15, 0.2) is 78.5 Å². The van der Waals surface area contributed by atoms with Gasteiger partial charge in [0.2, 0.25) is 0 Å². The minimum absolute atomic E-state index is 0. The first-order valence-electron chi connectivity index (χ1n) is 10.8. The second-order valence-electron chi connectivity index (χ2n) is 7.78. The third kappa shape index (κ3) is 6.42. The van der Waals surface area contributed by atoms with Crippen molar-refractivity contribution in [3.05, 3.63) is 107 Å². The average Bonchev–Trinajstić information content (AvgIpc) is 3.41. The van der Waals surface area contributed by atoms with Crippen molar-refractivity contribution in [2.24, 2.45) is 5.73 Å². The molecule has 0 bridgehead atoms. The van der Waals surface area contributed by atoms with Gasteiger partial charge in [0.05, 0.1) is 5.69 Å². The van der Waals surface area contributed by atoms with Crippen molar-refractivity contribution >= 4 is 31.9 Å². The third-order valence-electron chi connectivity index (χ3n) is 5.40. The number of ether oxygens (including phenoxy) is 1. The lowest BCUT2D eigenvalue weighted by Gasteiger charge is -2.07. The molecule has 0 saturated heterocycles. The van der Waals surface area contributed by atoms with Crippen molar-refractivity contribution in [1.29, 1.82) is 0 Å². The number of nitrogens with two attached hydrogens (primary N) is 1. The van der Waals surface area contributed by atoms with Gasteiger partial charge in [0.25, 0.3) is 0 Å². The van der Waals surface area contributed by atoms with Crippen molar-refractivity contribution in [1.82, 2.24) is 4.98 Å². The zero-order valence-electron chi connectivity index (χ0n) is 19.1. The summed E-state index contributed by atoms with van der Waals surface area (Å²) < 4.78 is 7.51. The highest BCUT2D eigenvalue weighted by atomic mass is 19.0. The van der Waals surface area contributed by atoms with E-state index in [9.17, 15) is 0 Å². The molecule has 1 aliphatic heterocycles. The highest BCUT2D eigenvalue weighted by molar-refractivity contribution is 6.01. The van der Waals surface area contributed by atoms with E-state index in [4.69, 9.17) is 18.5 Å². The molecule has 3 N–H and O–H groups in total. The Morgan fingerprint density at radius 2 is 1.79 bits per heavy atom. The van der Waals surface area contributed by atoms with E-state index in [0.717, 1.165) is 46.0 Å². The lowest BCUT2D eigenvalue weighted by atomic mass is 10.0. The van der Waals surface area contributed by atoms with Crippen LogP contribution in [0.5, 0.6) is 5.75 Å². The number of H-pyrrole nitrogens is 1. The van der Waals surface area contributed by atoms with Gasteiger partial charge in [-0.1, -0.05) is 48.5 Å². The number of allylic oxidation sites excluding steroid dienone is 2. The fraction of sp³-hybridized carbons (Fsp3) is 0.148. The van der Waals surface area contributed by atoms with Crippen molar-refractivity contribution in [3.63, 3.8) is 0 Å². The summed E-state index contributed by atoms with van der Waals surface area (Å²) in [5, 5.41) is 0. The van der Waals surface area contributed by atoms with Crippen LogP contribution in [0.1, 0.15) is 34.5 Å². The molecule has 2 aromatic carbocycles. The fourth-order valence-electron chi connectivity index (χ4n) is 3.76. The molecular formula is C27H29BF2N3O+. The number of nitrogens with one attached hydrogen (secondary N) is 1. The van der Waals surface area contributed by atoms with Gasteiger partial charge in [-0.15, -0.1) is 0 Å². The van der Waals surface area contributed by atoms with Crippen LogP contribution in [-0.4, -0.2) is 30.2 Å². The molecule has 34 heavy (non-hydrogen) atoms. The Labute approximate surface area is 200 Å². The number of aromatic nitrogens is 1. The van der Waals surface area contributed by atoms with E-state index in [1.54, 1.807) is 4.49 Å². The van der Waals surface area contributed by atoms with Gasteiger partial charge in [-0.2, -0.15) is 0 Å². The van der Waals surface area contributed by atoms with Gasteiger partial charge in [0, 0.05) is 23.4 Å². The molecule has 0 atom stereocenters. The van der Waals surface area contributed by atoms with Crippen molar-refractivity contribution in [2.75, 3.05) is 6.54 Å². The Kier molecular flexibility index (Phi) is 9.77. The first-order chi connectivity index (χ1) is 15.6. The second-order valence-corrected chi connectivity index (χ2v) is 7.78. The van der Waals surface area contributed by atoms with Gasteiger partial charge >= 0.3 is 7.98 Å². The van der Waals surface area contributed by atoms with Crippen LogP contribution >= 0.6 is 0 Å². The molecule has 7 heteroatoms. The summed E-state index contributed by atoms with van der Waals surface area (Å²) in [5.74, 6) is 0.856. The summed E-state index contributed by atoms with van der Waals surface area (Å²) in [7, 11) is 6.08. The first-order valence-corrected chi connectivity index (χ1v) is 10.8. The van der Waals surface area contributed by atoms with E-state index in [0.29, 0.717) is 13.2 Å². The molecule has 1 aliphatic rings. The minimum Gasteiger partial charge on any atom is -0.489 e. The summed E-state index contributed by atoms with van der Waals surface area (Å²) in [5.41, 5.74) is 13.5. The second kappa shape index (κ2) is 12.5. The van der Waals surface area contributed by atoms with Crippen molar-refractivity contribution in [3.8, 4) is 5.75 Å². The normalized spacial score (nSPS) is 13.9. The maximum Gasteiger partial charge on any atom is 0.586 e. The topological polar surface area (TPSA) is 54.0 Å². The molecule has 4 rings (SSSR count). The lowest BCUT2D eigenvalue weighted by Crippen LogP contribution is -2.09. The maximum atomic E-state index is 6.08. The van der Waals surface area contributed by atoms with Crippen LogP contribution < -0.4 is 10.5 Å². The molecule has 0 spiro atoms. The van der Waals surface area contributed by atoms with E-state index in [1.165, 1.54) is 5.56 Å². The predicted molar refractivity (Wildman–Crippen MR) is 138 cm³/mol. The molecule has 0 aliphatic carbocycles. The maximum absolute atomic E-state index is 6.08. The summed E-state index contributed by atoms with van der Waals surface area (Å²) in [6.07, 6.45) is 10.7. The molecule has 3 aromatic rings. The van der Waals surface area contributed by atoms with E-state index < -0.39 is 0 Å². The van der Waals surface area contributed by atoms with Crippen molar-refractivity contribution in [2.45, 2.75) is 20.0 Å². The van der Waals surface area contributed by atoms with E-state index in [2.05, 4.69) is 54.4 Å². The number of hydrogen-bond acceptors (Lipinski definition) is 2. The highest BCUT2D eigenvalue weighted by Crippen LogP contribution is 2.27. The zero-order valence-corrected chi connectivity index (χ0v) is 19.1. The Balaban J connectivity index is 0.00000204. The van der Waals surface area contributed by atoms with Crippen LogP contribution in [0.2, 0.25) is 0 Å². The number of hydrogen-bond donors (Lipinski definition) is 2. The van der Waals surface area contributed by atoms with E-state index >= 15 is 0 Å². The molecule has 0 fully saturated rings. The van der Waals surface area contributed by atoms with Crippen molar-refractivity contribution < 1.29 is 18.6 Å². The summed E-state index contributed by atoms with van der Waals surface area (Å²) in [6.45, 7) is 3.22. The smallest absolute Gasteiger partial charge is 0.489 e. The van der Waals surface area contributed by atoms with Gasteiger partial charge < -0.3 is 15.5 Å². The largest absolute Gasteiger partial charge is 0.586 e. The fourth-order valence-corrected chi connectivity index (χ4v) is 3.76. The number of rotatable bonds is 8. The molecule has 2 radical (unpaired) electrons.